The topological polar surface area (TPSA) is 87.6 Å². The van der Waals surface area contributed by atoms with Crippen LogP contribution in [0.15, 0.2) is 24.3 Å². The summed E-state index contributed by atoms with van der Waals surface area (Å²) in [4.78, 5) is 19.9. The third-order valence-electron chi connectivity index (χ3n) is 4.56. The predicted molar refractivity (Wildman–Crippen MR) is 99.3 cm³/mol. The van der Waals surface area contributed by atoms with Gasteiger partial charge < -0.3 is 10.3 Å². The van der Waals surface area contributed by atoms with Crippen molar-refractivity contribution >= 4 is 35.2 Å². The summed E-state index contributed by atoms with van der Waals surface area (Å²) in [6.07, 6.45) is 1.97. The minimum Gasteiger partial charge on any atom is -0.350 e. The third kappa shape index (κ3) is 3.42. The van der Waals surface area contributed by atoms with E-state index in [1.807, 2.05) is 0 Å². The summed E-state index contributed by atoms with van der Waals surface area (Å²) < 4.78 is 15.3. The fraction of sp³-hybridized carbons (Fsp3) is 0.353. The zero-order valence-electron chi connectivity index (χ0n) is 14.3. The quantitative estimate of drug-likeness (QED) is 0.653. The van der Waals surface area contributed by atoms with Gasteiger partial charge in [0.2, 0.25) is 5.95 Å². The summed E-state index contributed by atoms with van der Waals surface area (Å²) in [6.45, 7) is 1.90. The number of nitrogens with one attached hydrogen (secondary N) is 3. The molecule has 3 aromatic rings. The zero-order chi connectivity index (χ0) is 17.4. The Morgan fingerprint density at radius 1 is 1.35 bits per heavy atom. The van der Waals surface area contributed by atoms with Crippen molar-refractivity contribution in [3.8, 4) is 0 Å². The molecule has 1 aromatic carbocycles. The van der Waals surface area contributed by atoms with Crippen LogP contribution >= 0.6 is 12.4 Å². The Balaban J connectivity index is 0.00000196. The van der Waals surface area contributed by atoms with Gasteiger partial charge in [-0.2, -0.15) is 10.1 Å². The smallest absolute Gasteiger partial charge is 0.274 e. The van der Waals surface area contributed by atoms with Gasteiger partial charge >= 0.3 is 0 Å². The van der Waals surface area contributed by atoms with E-state index in [9.17, 15) is 9.18 Å². The molecule has 1 fully saturated rings. The number of amides is 1. The normalized spacial score (nSPS) is 15.0. The maximum Gasteiger partial charge on any atom is 0.274 e. The molecule has 1 aliphatic heterocycles. The van der Waals surface area contributed by atoms with Crippen molar-refractivity contribution in [3.63, 3.8) is 0 Å². The lowest BCUT2D eigenvalue weighted by molar-refractivity contribution is 0.102. The molecule has 0 bridgehead atoms. The second-order valence-corrected chi connectivity index (χ2v) is 6.28. The minimum absolute atomic E-state index is 0. The van der Waals surface area contributed by atoms with Crippen LogP contribution in [0.5, 0.6) is 0 Å². The van der Waals surface area contributed by atoms with E-state index in [-0.39, 0.29) is 29.8 Å². The fourth-order valence-corrected chi connectivity index (χ4v) is 3.18. The first-order valence-electron chi connectivity index (χ1n) is 8.32. The number of aromatic nitrogens is 4. The van der Waals surface area contributed by atoms with Gasteiger partial charge in [0.15, 0.2) is 5.82 Å². The predicted octanol–water partition coefficient (Wildman–Crippen LogP) is 2.58. The molecular formula is C17H20ClFN6O. The Kier molecular flexibility index (Phi) is 5.24. The van der Waals surface area contributed by atoms with Crippen LogP contribution in [0.4, 0.5) is 10.3 Å². The standard InChI is InChI=1S/C17H19FN6O.ClH/c1-24-17(21-15(23-24)10-5-7-19-8-6-10)22-16(25)14-9-11-12(18)3-2-4-13(11)20-14;/h2-4,9-10,19-20H,5-8H2,1H3,(H,21,22,23,25);1H. The Labute approximate surface area is 155 Å². The lowest BCUT2D eigenvalue weighted by Crippen LogP contribution is -2.27. The minimum atomic E-state index is -0.372. The largest absolute Gasteiger partial charge is 0.350 e. The highest BCUT2D eigenvalue weighted by Crippen LogP contribution is 2.24. The van der Waals surface area contributed by atoms with Crippen molar-refractivity contribution in [2.45, 2.75) is 18.8 Å². The SMILES string of the molecule is Cl.Cn1nc(C2CCNCC2)nc1NC(=O)c1cc2c(F)cccc2[nH]1. The molecule has 7 nitrogen and oxygen atoms in total. The molecule has 3 heterocycles. The van der Waals surface area contributed by atoms with Crippen LogP contribution in [-0.2, 0) is 7.05 Å². The van der Waals surface area contributed by atoms with Gasteiger partial charge in [0.25, 0.3) is 5.91 Å². The molecule has 4 rings (SSSR count). The summed E-state index contributed by atoms with van der Waals surface area (Å²) in [5.74, 6) is 0.711. The lowest BCUT2D eigenvalue weighted by atomic mass is 9.98. The maximum absolute atomic E-state index is 13.8. The van der Waals surface area contributed by atoms with E-state index in [1.165, 1.54) is 12.1 Å². The van der Waals surface area contributed by atoms with Crippen LogP contribution in [0.3, 0.4) is 0 Å². The molecule has 9 heteroatoms. The lowest BCUT2D eigenvalue weighted by Gasteiger charge is -2.19. The van der Waals surface area contributed by atoms with Crippen LogP contribution < -0.4 is 10.6 Å². The first kappa shape index (κ1) is 18.3. The van der Waals surface area contributed by atoms with Gasteiger partial charge in [0, 0.05) is 23.9 Å². The average Bonchev–Trinajstić information content (AvgIpc) is 3.21. The molecule has 0 atom stereocenters. The molecule has 3 N–H and O–H groups in total. The zero-order valence-corrected chi connectivity index (χ0v) is 15.1. The number of aromatic amines is 1. The van der Waals surface area contributed by atoms with Gasteiger partial charge in [-0.15, -0.1) is 12.4 Å². The number of halogens is 2. The third-order valence-corrected chi connectivity index (χ3v) is 4.56. The van der Waals surface area contributed by atoms with E-state index in [2.05, 4.69) is 25.7 Å². The molecule has 0 aliphatic carbocycles. The Hall–Kier alpha value is -2.45. The number of benzene rings is 1. The van der Waals surface area contributed by atoms with E-state index >= 15 is 0 Å². The van der Waals surface area contributed by atoms with Crippen molar-refractivity contribution < 1.29 is 9.18 Å². The number of aryl methyl sites for hydroxylation is 1. The van der Waals surface area contributed by atoms with E-state index in [4.69, 9.17) is 0 Å². The summed E-state index contributed by atoms with van der Waals surface area (Å²) in [5, 5.41) is 10.9. The van der Waals surface area contributed by atoms with Crippen molar-refractivity contribution in [1.82, 2.24) is 25.1 Å². The van der Waals surface area contributed by atoms with Crippen molar-refractivity contribution in [2.24, 2.45) is 7.05 Å². The molecule has 1 amide bonds. The number of fused-ring (bicyclic) bond motifs is 1. The highest BCUT2D eigenvalue weighted by molar-refractivity contribution is 6.05. The second kappa shape index (κ2) is 7.43. The molecule has 1 saturated heterocycles. The van der Waals surface area contributed by atoms with E-state index in [1.54, 1.807) is 23.9 Å². The number of carbonyl (C=O) groups is 1. The number of nitrogens with zero attached hydrogens (tertiary/aromatic N) is 3. The van der Waals surface area contributed by atoms with Crippen molar-refractivity contribution in [1.29, 1.82) is 0 Å². The molecule has 2 aromatic heterocycles. The van der Waals surface area contributed by atoms with Gasteiger partial charge in [-0.05, 0) is 44.1 Å². The van der Waals surface area contributed by atoms with Gasteiger partial charge in [-0.1, -0.05) is 6.07 Å². The highest BCUT2D eigenvalue weighted by atomic mass is 35.5. The molecule has 0 saturated carbocycles. The second-order valence-electron chi connectivity index (χ2n) is 6.28. The van der Waals surface area contributed by atoms with Crippen molar-refractivity contribution in [2.75, 3.05) is 18.4 Å². The monoisotopic (exact) mass is 378 g/mol. The van der Waals surface area contributed by atoms with Crippen LogP contribution in [0.1, 0.15) is 35.1 Å². The first-order valence-corrected chi connectivity index (χ1v) is 8.32. The highest BCUT2D eigenvalue weighted by Gasteiger charge is 2.22. The fourth-order valence-electron chi connectivity index (χ4n) is 3.18. The molecule has 1 aliphatic rings. The van der Waals surface area contributed by atoms with Crippen LogP contribution in [0, 0.1) is 5.82 Å². The van der Waals surface area contributed by atoms with E-state index in [0.29, 0.717) is 22.8 Å². The Morgan fingerprint density at radius 2 is 2.12 bits per heavy atom. The van der Waals surface area contributed by atoms with Gasteiger partial charge in [0.1, 0.15) is 11.5 Å². The Bertz CT molecular complexity index is 931. The van der Waals surface area contributed by atoms with Gasteiger partial charge in [0.05, 0.1) is 0 Å². The van der Waals surface area contributed by atoms with E-state index < -0.39 is 0 Å². The van der Waals surface area contributed by atoms with Gasteiger partial charge in [-0.3, -0.25) is 10.1 Å². The summed E-state index contributed by atoms with van der Waals surface area (Å²) in [6, 6.07) is 6.20. The molecular weight excluding hydrogens is 359 g/mol. The summed E-state index contributed by atoms with van der Waals surface area (Å²) in [5.41, 5.74) is 0.866. The summed E-state index contributed by atoms with van der Waals surface area (Å²) >= 11 is 0. The Morgan fingerprint density at radius 3 is 2.85 bits per heavy atom. The average molecular weight is 379 g/mol. The molecule has 0 radical (unpaired) electrons. The first-order chi connectivity index (χ1) is 12.1. The van der Waals surface area contributed by atoms with E-state index in [0.717, 1.165) is 31.8 Å². The maximum atomic E-state index is 13.8. The number of hydrogen-bond acceptors (Lipinski definition) is 4. The number of piperidine rings is 1. The summed E-state index contributed by atoms with van der Waals surface area (Å²) in [7, 11) is 1.75. The van der Waals surface area contributed by atoms with Crippen LogP contribution in [0.2, 0.25) is 0 Å². The number of H-pyrrole nitrogens is 1. The number of rotatable bonds is 3. The molecule has 138 valence electrons. The van der Waals surface area contributed by atoms with Crippen LogP contribution in [0.25, 0.3) is 10.9 Å². The number of hydrogen-bond donors (Lipinski definition) is 3. The number of carbonyl (C=O) groups excluding carboxylic acids is 1. The number of anilines is 1. The molecule has 26 heavy (non-hydrogen) atoms. The van der Waals surface area contributed by atoms with Gasteiger partial charge in [-0.25, -0.2) is 9.07 Å². The van der Waals surface area contributed by atoms with Crippen LogP contribution in [-0.4, -0.2) is 38.7 Å². The van der Waals surface area contributed by atoms with Crippen molar-refractivity contribution in [3.05, 3.63) is 41.6 Å². The molecule has 0 unspecified atom stereocenters. The molecule has 0 spiro atoms.